The van der Waals surface area contributed by atoms with E-state index in [0.717, 1.165) is 41.0 Å². The number of ether oxygens (including phenoxy) is 3. The van der Waals surface area contributed by atoms with Gasteiger partial charge in [0.05, 0.1) is 36.6 Å². The molecule has 4 aromatic carbocycles. The first-order chi connectivity index (χ1) is 26.2. The highest BCUT2D eigenvalue weighted by molar-refractivity contribution is 6.15. The van der Waals surface area contributed by atoms with Crippen molar-refractivity contribution in [1.29, 1.82) is 0 Å². The van der Waals surface area contributed by atoms with Gasteiger partial charge in [-0.1, -0.05) is 73.7 Å². The number of likely N-dealkylation sites (tertiary alicyclic amines) is 1. The van der Waals surface area contributed by atoms with Crippen LogP contribution in [0.4, 0.5) is 5.69 Å². The summed E-state index contributed by atoms with van der Waals surface area (Å²) in [5.41, 5.74) is 4.47. The Balaban J connectivity index is 0.953. The van der Waals surface area contributed by atoms with Gasteiger partial charge in [-0.15, -0.1) is 0 Å². The third kappa shape index (κ3) is 6.77. The molecule has 0 saturated carbocycles. The maximum absolute atomic E-state index is 13.3. The molecule has 1 spiro atoms. The number of aliphatic hydroxyl groups excluding tert-OH is 1. The van der Waals surface area contributed by atoms with Crippen molar-refractivity contribution < 1.29 is 38.5 Å². The van der Waals surface area contributed by atoms with Crippen molar-refractivity contribution in [2.45, 2.75) is 57.0 Å². The molecule has 0 aliphatic carbocycles. The van der Waals surface area contributed by atoms with E-state index in [9.17, 15) is 24.3 Å². The molecule has 4 aliphatic rings. The average Bonchev–Trinajstić information content (AvgIpc) is 3.68. The van der Waals surface area contributed by atoms with Crippen LogP contribution in [0.1, 0.15) is 85.5 Å². The van der Waals surface area contributed by atoms with E-state index < -0.39 is 23.8 Å². The summed E-state index contributed by atoms with van der Waals surface area (Å²) in [6, 6.07) is 29.9. The second-order valence-electron chi connectivity index (χ2n) is 14.4. The van der Waals surface area contributed by atoms with Crippen molar-refractivity contribution in [2.24, 2.45) is 5.92 Å². The van der Waals surface area contributed by atoms with E-state index >= 15 is 0 Å². The maximum Gasteiger partial charge on any atom is 0.346 e. The lowest BCUT2D eigenvalue weighted by molar-refractivity contribution is -0.276. The van der Waals surface area contributed by atoms with E-state index in [1.54, 1.807) is 0 Å². The van der Waals surface area contributed by atoms with Crippen LogP contribution in [-0.4, -0.2) is 71.7 Å². The van der Waals surface area contributed by atoms with E-state index in [1.807, 2.05) is 66.7 Å². The van der Waals surface area contributed by atoms with Gasteiger partial charge in [0.2, 0.25) is 5.91 Å². The van der Waals surface area contributed by atoms with E-state index in [2.05, 4.69) is 44.2 Å². The molecule has 3 saturated heterocycles. The fourth-order valence-corrected chi connectivity index (χ4v) is 8.02. The number of para-hydroxylation sites is 1. The smallest absolute Gasteiger partial charge is 0.346 e. The predicted octanol–water partition coefficient (Wildman–Crippen LogP) is 4.64. The summed E-state index contributed by atoms with van der Waals surface area (Å²) in [5, 5.41) is 15.6. The molecule has 0 bridgehead atoms. The molecular formula is C42H42N4O8. The molecule has 3 N–H and O–H groups in total. The summed E-state index contributed by atoms with van der Waals surface area (Å²) >= 11 is 0. The Morgan fingerprint density at radius 2 is 1.54 bits per heavy atom. The van der Waals surface area contributed by atoms with Gasteiger partial charge in [-0.25, -0.2) is 9.59 Å². The number of fused-ring (bicyclic) bond motifs is 1. The number of nitrogens with one attached hydrogen (secondary N) is 2. The highest BCUT2D eigenvalue weighted by Gasteiger charge is 2.51. The second-order valence-corrected chi connectivity index (χ2v) is 14.4. The molecule has 2 amide bonds. The number of benzene rings is 4. The molecule has 4 aliphatic heterocycles. The highest BCUT2D eigenvalue weighted by atomic mass is 16.7. The minimum absolute atomic E-state index is 0.00129. The molecule has 1 unspecified atom stereocenters. The lowest BCUT2D eigenvalue weighted by Crippen LogP contribution is -2.57. The number of amides is 2. The summed E-state index contributed by atoms with van der Waals surface area (Å²) in [5.74, 6) is -1.77. The number of hydrogen-bond acceptors (Lipinski definition) is 10. The van der Waals surface area contributed by atoms with Gasteiger partial charge in [0.25, 0.3) is 5.91 Å². The van der Waals surface area contributed by atoms with E-state index in [-0.39, 0.29) is 59.8 Å². The Hall–Kier alpha value is -5.40. The summed E-state index contributed by atoms with van der Waals surface area (Å²) in [6.45, 7) is 5.02. The number of anilines is 1. The topological polar surface area (TPSA) is 147 Å². The third-order valence-electron chi connectivity index (χ3n) is 11.3. The van der Waals surface area contributed by atoms with Gasteiger partial charge in [-0.2, -0.15) is 0 Å². The van der Waals surface area contributed by atoms with Gasteiger partial charge in [0.1, 0.15) is 5.54 Å². The van der Waals surface area contributed by atoms with Crippen LogP contribution in [0.2, 0.25) is 0 Å². The predicted molar refractivity (Wildman–Crippen MR) is 197 cm³/mol. The molecular weight excluding hydrogens is 688 g/mol. The quantitative estimate of drug-likeness (QED) is 0.165. The van der Waals surface area contributed by atoms with Crippen molar-refractivity contribution in [3.05, 3.63) is 136 Å². The Labute approximate surface area is 313 Å². The zero-order valence-electron chi connectivity index (χ0n) is 29.9. The molecule has 12 nitrogen and oxygen atoms in total. The van der Waals surface area contributed by atoms with Crippen molar-refractivity contribution in [1.82, 2.24) is 15.5 Å². The van der Waals surface area contributed by atoms with Gasteiger partial charge in [0, 0.05) is 48.9 Å². The third-order valence-corrected chi connectivity index (χ3v) is 11.3. The van der Waals surface area contributed by atoms with Gasteiger partial charge in [-0.05, 0) is 59.9 Å². The first kappa shape index (κ1) is 35.6. The molecule has 278 valence electrons. The van der Waals surface area contributed by atoms with Crippen LogP contribution in [0.15, 0.2) is 97.1 Å². The zero-order chi connectivity index (χ0) is 37.4. The number of piperidine rings is 1. The minimum atomic E-state index is -0.758. The van der Waals surface area contributed by atoms with Crippen LogP contribution in [0.3, 0.4) is 0 Å². The fraction of sp³-hybridized carbons (Fsp3) is 0.333. The maximum atomic E-state index is 13.3. The largest absolute Gasteiger partial charge is 0.392 e. The zero-order valence-corrected chi connectivity index (χ0v) is 29.9. The van der Waals surface area contributed by atoms with Crippen LogP contribution >= 0.6 is 0 Å². The molecule has 4 heterocycles. The molecule has 54 heavy (non-hydrogen) atoms. The molecule has 4 atom stereocenters. The van der Waals surface area contributed by atoms with Crippen LogP contribution in [-0.2, 0) is 32.2 Å². The first-order valence-electron chi connectivity index (χ1n) is 18.3. The first-order valence-corrected chi connectivity index (χ1v) is 18.3. The Morgan fingerprint density at radius 1 is 0.852 bits per heavy atom. The standard InChI is InChI=1S/C42H42N4O8/c1-26-35(23-45-19-17-42(18-20-45)41(51)44-25-46(42)32-5-3-2-4-6-32)52-40(53-36(26)29-11-9-28(24-47)10-12-29)30-13-7-27(8-14-30)22-43-37(48)31-15-16-33-34(21-31)39(50)54-38(33)49/h2-16,21,26,35-36,40,47H,17-20,22-25H2,1H3,(H,43,48)(H,44,51)/t26-,35+,36+,40?/m0/s1. The number of hydrogen-bond donors (Lipinski definition) is 3. The normalized spacial score (nSPS) is 23.6. The summed E-state index contributed by atoms with van der Waals surface area (Å²) in [7, 11) is 0. The highest BCUT2D eigenvalue weighted by Crippen LogP contribution is 2.43. The van der Waals surface area contributed by atoms with Crippen molar-refractivity contribution in [3.8, 4) is 0 Å². The van der Waals surface area contributed by atoms with Gasteiger partial charge in [-0.3, -0.25) is 9.59 Å². The summed E-state index contributed by atoms with van der Waals surface area (Å²) < 4.78 is 18.0. The number of esters is 2. The Kier molecular flexibility index (Phi) is 9.76. The number of nitrogens with zero attached hydrogens (tertiary/aromatic N) is 2. The van der Waals surface area contributed by atoms with Crippen LogP contribution in [0.25, 0.3) is 0 Å². The van der Waals surface area contributed by atoms with Gasteiger partial charge in [0.15, 0.2) is 6.29 Å². The molecule has 4 aromatic rings. The van der Waals surface area contributed by atoms with E-state index in [0.29, 0.717) is 26.1 Å². The van der Waals surface area contributed by atoms with Crippen LogP contribution in [0, 0.1) is 5.92 Å². The van der Waals surface area contributed by atoms with Crippen molar-refractivity contribution in [2.75, 3.05) is 31.2 Å². The molecule has 3 fully saturated rings. The molecule has 8 rings (SSSR count). The second kappa shape index (κ2) is 14.8. The monoisotopic (exact) mass is 730 g/mol. The van der Waals surface area contributed by atoms with E-state index in [1.165, 1.54) is 18.2 Å². The molecule has 0 aromatic heterocycles. The Bertz CT molecular complexity index is 2050. The lowest BCUT2D eigenvalue weighted by Gasteiger charge is -2.46. The summed E-state index contributed by atoms with van der Waals surface area (Å²) in [4.78, 5) is 54.5. The minimum Gasteiger partial charge on any atom is -0.392 e. The number of carbonyl (C=O) groups excluding carboxylic acids is 4. The number of carbonyl (C=O) groups is 4. The van der Waals surface area contributed by atoms with Gasteiger partial charge >= 0.3 is 11.9 Å². The van der Waals surface area contributed by atoms with Gasteiger partial charge < -0.3 is 39.8 Å². The Morgan fingerprint density at radius 3 is 2.26 bits per heavy atom. The molecule has 0 radical (unpaired) electrons. The SMILES string of the molecule is C[C@H]1[C@@H](CN2CCC3(CC2)C(=O)NCN3c2ccccc2)OC(c2ccc(CNC(=O)c3ccc4c(c3)C(=O)OC4=O)cc2)O[C@H]1c1ccc(CO)cc1. The van der Waals surface area contributed by atoms with Crippen molar-refractivity contribution in [3.63, 3.8) is 0 Å². The number of cyclic esters (lactones) is 2. The van der Waals surface area contributed by atoms with E-state index in [4.69, 9.17) is 9.47 Å². The van der Waals surface area contributed by atoms with Crippen LogP contribution in [0.5, 0.6) is 0 Å². The molecule has 12 heteroatoms. The van der Waals surface area contributed by atoms with Crippen LogP contribution < -0.4 is 15.5 Å². The average molecular weight is 731 g/mol. The lowest BCUT2D eigenvalue weighted by atomic mass is 9.84. The fourth-order valence-electron chi connectivity index (χ4n) is 8.02. The van der Waals surface area contributed by atoms with Crippen molar-refractivity contribution >= 4 is 29.4 Å². The number of aliphatic hydroxyl groups is 1. The number of rotatable bonds is 9. The summed E-state index contributed by atoms with van der Waals surface area (Å²) in [6.07, 6.45) is 0.304.